The number of carbonyl (C=O) groups is 1. The van der Waals surface area contributed by atoms with Crippen molar-refractivity contribution in [2.75, 3.05) is 0 Å². The first-order valence-corrected chi connectivity index (χ1v) is 9.18. The Bertz CT molecular complexity index is 1110. The largest absolute Gasteiger partial charge is 0.418 e. The van der Waals surface area contributed by atoms with Crippen LogP contribution in [0.3, 0.4) is 0 Å². The minimum Gasteiger partial charge on any atom is -0.418 e. The quantitative estimate of drug-likeness (QED) is 0.502. The number of nitrogens with zero attached hydrogens (tertiary/aromatic N) is 2. The van der Waals surface area contributed by atoms with Crippen molar-refractivity contribution in [3.8, 4) is 11.5 Å². The predicted octanol–water partition coefficient (Wildman–Crippen LogP) is 5.05. The van der Waals surface area contributed by atoms with Crippen molar-refractivity contribution in [1.29, 1.82) is 0 Å². The van der Waals surface area contributed by atoms with Crippen molar-refractivity contribution >= 4 is 17.5 Å². The van der Waals surface area contributed by atoms with Crippen LogP contribution >= 0.6 is 11.6 Å². The van der Waals surface area contributed by atoms with Gasteiger partial charge in [0.25, 0.3) is 5.91 Å². The lowest BCUT2D eigenvalue weighted by Crippen LogP contribution is -2.29. The summed E-state index contributed by atoms with van der Waals surface area (Å²) in [4.78, 5) is 12.7. The highest BCUT2D eigenvalue weighted by molar-refractivity contribution is 6.30. The van der Waals surface area contributed by atoms with Gasteiger partial charge in [-0.1, -0.05) is 41.9 Å². The molecule has 1 heterocycles. The van der Waals surface area contributed by atoms with Crippen LogP contribution in [0.5, 0.6) is 0 Å². The van der Waals surface area contributed by atoms with E-state index in [4.69, 9.17) is 16.0 Å². The molecule has 29 heavy (non-hydrogen) atoms. The molecule has 1 atom stereocenters. The third-order valence-electron chi connectivity index (χ3n) is 4.29. The summed E-state index contributed by atoms with van der Waals surface area (Å²) in [5.74, 6) is -0.249. The number of halogens is 2. The molecule has 0 spiro atoms. The maximum Gasteiger partial charge on any atom is 0.252 e. The van der Waals surface area contributed by atoms with Gasteiger partial charge in [0.05, 0.1) is 0 Å². The Morgan fingerprint density at radius 3 is 2.31 bits per heavy atom. The van der Waals surface area contributed by atoms with Gasteiger partial charge in [0.2, 0.25) is 11.8 Å². The first kappa shape index (κ1) is 18.8. The van der Waals surface area contributed by atoms with Crippen molar-refractivity contribution < 1.29 is 13.6 Å². The van der Waals surface area contributed by atoms with Crippen LogP contribution in [0.4, 0.5) is 4.39 Å². The molecule has 1 amide bonds. The van der Waals surface area contributed by atoms with E-state index in [-0.39, 0.29) is 11.8 Å². The number of benzene rings is 3. The van der Waals surface area contributed by atoms with Gasteiger partial charge in [-0.2, -0.15) is 0 Å². The lowest BCUT2D eigenvalue weighted by atomic mass is 10.1. The van der Waals surface area contributed by atoms with Crippen LogP contribution in [0.2, 0.25) is 5.02 Å². The molecule has 144 valence electrons. The zero-order valence-corrected chi connectivity index (χ0v) is 15.8. The molecule has 0 radical (unpaired) electrons. The molecular formula is C22H15ClFN3O2. The van der Waals surface area contributed by atoms with Crippen LogP contribution < -0.4 is 5.32 Å². The van der Waals surface area contributed by atoms with Crippen LogP contribution in [0.15, 0.2) is 83.3 Å². The van der Waals surface area contributed by atoms with Crippen LogP contribution in [0, 0.1) is 5.82 Å². The summed E-state index contributed by atoms with van der Waals surface area (Å²) in [6.45, 7) is 0. The zero-order chi connectivity index (χ0) is 20.2. The molecule has 0 saturated heterocycles. The van der Waals surface area contributed by atoms with Gasteiger partial charge in [0.1, 0.15) is 11.9 Å². The molecule has 4 rings (SSSR count). The summed E-state index contributed by atoms with van der Waals surface area (Å²) in [5.41, 5.74) is 1.81. The summed E-state index contributed by atoms with van der Waals surface area (Å²) in [6.07, 6.45) is 0. The second-order valence-electron chi connectivity index (χ2n) is 6.28. The number of aromatic nitrogens is 2. The SMILES string of the molecule is O=C(N[C@@H](c1ccccc1)c1nnc(-c2ccc(Cl)cc2)o1)c1ccc(F)cc1. The Labute approximate surface area is 171 Å². The van der Waals surface area contributed by atoms with Gasteiger partial charge in [-0.3, -0.25) is 4.79 Å². The van der Waals surface area contributed by atoms with E-state index < -0.39 is 11.9 Å². The second kappa shape index (κ2) is 8.24. The summed E-state index contributed by atoms with van der Waals surface area (Å²) in [6, 6.07) is 20.9. The molecule has 5 nitrogen and oxygen atoms in total. The van der Waals surface area contributed by atoms with Crippen molar-refractivity contribution in [1.82, 2.24) is 15.5 Å². The Morgan fingerprint density at radius 2 is 1.62 bits per heavy atom. The van der Waals surface area contributed by atoms with Gasteiger partial charge in [-0.25, -0.2) is 4.39 Å². The number of amides is 1. The number of carbonyl (C=O) groups excluding carboxylic acids is 1. The Morgan fingerprint density at radius 1 is 0.931 bits per heavy atom. The standard InChI is InChI=1S/C22H15ClFN3O2/c23-17-10-6-16(7-11-17)21-26-27-22(29-21)19(14-4-2-1-3-5-14)25-20(28)15-8-12-18(24)13-9-15/h1-13,19H,(H,25,28)/t19-/m0/s1. The Kier molecular flexibility index (Phi) is 5.35. The number of nitrogens with one attached hydrogen (secondary N) is 1. The maximum absolute atomic E-state index is 13.2. The molecule has 7 heteroatoms. The summed E-state index contributed by atoms with van der Waals surface area (Å²) < 4.78 is 19.0. The Balaban J connectivity index is 1.65. The lowest BCUT2D eigenvalue weighted by molar-refractivity contribution is 0.0938. The van der Waals surface area contributed by atoms with E-state index in [1.807, 2.05) is 30.3 Å². The zero-order valence-electron chi connectivity index (χ0n) is 15.0. The highest BCUT2D eigenvalue weighted by Crippen LogP contribution is 2.26. The predicted molar refractivity (Wildman–Crippen MR) is 107 cm³/mol. The highest BCUT2D eigenvalue weighted by atomic mass is 35.5. The van der Waals surface area contributed by atoms with E-state index in [1.165, 1.54) is 24.3 Å². The van der Waals surface area contributed by atoms with Gasteiger partial charge in [0.15, 0.2) is 0 Å². The van der Waals surface area contributed by atoms with Gasteiger partial charge < -0.3 is 9.73 Å². The summed E-state index contributed by atoms with van der Waals surface area (Å²) in [5, 5.41) is 11.7. The topological polar surface area (TPSA) is 68.0 Å². The normalized spacial score (nSPS) is 11.8. The smallest absolute Gasteiger partial charge is 0.252 e. The number of hydrogen-bond donors (Lipinski definition) is 1. The molecule has 0 bridgehead atoms. The van der Waals surface area contributed by atoms with E-state index in [2.05, 4.69) is 15.5 Å². The first-order chi connectivity index (χ1) is 14.1. The fourth-order valence-corrected chi connectivity index (χ4v) is 2.94. The van der Waals surface area contributed by atoms with Crippen molar-refractivity contribution in [2.45, 2.75) is 6.04 Å². The molecule has 0 unspecified atom stereocenters. The Hall–Kier alpha value is -3.51. The first-order valence-electron chi connectivity index (χ1n) is 8.81. The monoisotopic (exact) mass is 407 g/mol. The van der Waals surface area contributed by atoms with Crippen molar-refractivity contribution in [3.05, 3.63) is 107 Å². The van der Waals surface area contributed by atoms with E-state index in [0.717, 1.165) is 5.56 Å². The minimum absolute atomic E-state index is 0.233. The van der Waals surface area contributed by atoms with E-state index in [0.29, 0.717) is 22.0 Å². The third kappa shape index (κ3) is 4.33. The molecule has 1 N–H and O–H groups in total. The number of hydrogen-bond acceptors (Lipinski definition) is 4. The summed E-state index contributed by atoms with van der Waals surface area (Å²) in [7, 11) is 0. The molecule has 1 aromatic heterocycles. The molecule has 0 aliphatic heterocycles. The van der Waals surface area contributed by atoms with Crippen molar-refractivity contribution in [3.63, 3.8) is 0 Å². The van der Waals surface area contributed by atoms with E-state index in [1.54, 1.807) is 24.3 Å². The molecule has 0 aliphatic carbocycles. The van der Waals surface area contributed by atoms with E-state index in [9.17, 15) is 9.18 Å². The molecule has 3 aromatic carbocycles. The average molecular weight is 408 g/mol. The molecule has 4 aromatic rings. The van der Waals surface area contributed by atoms with Gasteiger partial charge >= 0.3 is 0 Å². The molecule has 0 aliphatic rings. The van der Waals surface area contributed by atoms with Crippen LogP contribution in [0.1, 0.15) is 27.9 Å². The van der Waals surface area contributed by atoms with Gasteiger partial charge in [0, 0.05) is 16.1 Å². The second-order valence-corrected chi connectivity index (χ2v) is 6.71. The maximum atomic E-state index is 13.2. The molecule has 0 fully saturated rings. The molecular weight excluding hydrogens is 393 g/mol. The number of rotatable bonds is 5. The van der Waals surface area contributed by atoms with Crippen LogP contribution in [-0.2, 0) is 0 Å². The highest BCUT2D eigenvalue weighted by Gasteiger charge is 2.24. The average Bonchev–Trinajstić information content (AvgIpc) is 3.23. The van der Waals surface area contributed by atoms with Gasteiger partial charge in [-0.15, -0.1) is 10.2 Å². The van der Waals surface area contributed by atoms with Crippen molar-refractivity contribution in [2.24, 2.45) is 0 Å². The van der Waals surface area contributed by atoms with Crippen LogP contribution in [-0.4, -0.2) is 16.1 Å². The fraction of sp³-hybridized carbons (Fsp3) is 0.0455. The molecule has 0 saturated carbocycles. The summed E-state index contributed by atoms with van der Waals surface area (Å²) >= 11 is 5.92. The van der Waals surface area contributed by atoms with E-state index >= 15 is 0 Å². The minimum atomic E-state index is -0.665. The third-order valence-corrected chi connectivity index (χ3v) is 4.55. The fourth-order valence-electron chi connectivity index (χ4n) is 2.81. The van der Waals surface area contributed by atoms with Gasteiger partial charge in [-0.05, 0) is 54.1 Å². The van der Waals surface area contributed by atoms with Crippen LogP contribution in [0.25, 0.3) is 11.5 Å². The lowest BCUT2D eigenvalue weighted by Gasteiger charge is -2.15.